The molecule has 2 aliphatic carbocycles. The summed E-state index contributed by atoms with van der Waals surface area (Å²) in [5.41, 5.74) is 2.72. The second-order valence-corrected chi connectivity index (χ2v) is 11.4. The Morgan fingerprint density at radius 1 is 0.769 bits per heavy atom. The number of hydrogen-bond acceptors (Lipinski definition) is 4. The van der Waals surface area contributed by atoms with Crippen LogP contribution in [0.15, 0.2) is 54.6 Å². The van der Waals surface area contributed by atoms with E-state index >= 15 is 0 Å². The SMILES string of the molecule is CCCCOC(=O)NC1CCC(C(c2ccc(C(=O)c3ccccc3)cc2)C2CCC(NC(C)=O)CC2)CC1. The lowest BCUT2D eigenvalue weighted by atomic mass is 9.66. The number of amides is 2. The van der Waals surface area contributed by atoms with Gasteiger partial charge in [-0.25, -0.2) is 4.79 Å². The van der Waals surface area contributed by atoms with Gasteiger partial charge in [-0.2, -0.15) is 0 Å². The van der Waals surface area contributed by atoms with Crippen molar-refractivity contribution in [2.45, 2.75) is 96.1 Å². The minimum atomic E-state index is -0.293. The molecule has 2 aromatic rings. The van der Waals surface area contributed by atoms with E-state index in [0.717, 1.165) is 64.2 Å². The standard InChI is InChI=1S/C33H44N2O4/c1-3-4-22-39-33(38)35-30-20-16-26(17-21-30)31(25-14-18-29(19-15-25)34-23(2)36)24-10-12-28(13-11-24)32(37)27-8-6-5-7-9-27/h5-13,25-26,29-31H,3-4,14-22H2,1-2H3,(H,34,36)(H,35,38). The molecule has 210 valence electrons. The highest BCUT2D eigenvalue weighted by Gasteiger charge is 2.36. The Morgan fingerprint density at radius 3 is 1.85 bits per heavy atom. The van der Waals surface area contributed by atoms with Gasteiger partial charge in [-0.3, -0.25) is 9.59 Å². The monoisotopic (exact) mass is 532 g/mol. The summed E-state index contributed by atoms with van der Waals surface area (Å²) >= 11 is 0. The summed E-state index contributed by atoms with van der Waals surface area (Å²) in [4.78, 5) is 36.7. The number of nitrogens with one attached hydrogen (secondary N) is 2. The molecule has 0 heterocycles. The molecular formula is C33H44N2O4. The molecule has 0 aromatic heterocycles. The summed E-state index contributed by atoms with van der Waals surface area (Å²) in [5.74, 6) is 1.57. The first-order valence-electron chi connectivity index (χ1n) is 14.8. The molecule has 2 amide bonds. The van der Waals surface area contributed by atoms with Gasteiger partial charge in [-0.1, -0.05) is 67.9 Å². The normalized spacial score (nSPS) is 23.8. The van der Waals surface area contributed by atoms with Crippen molar-refractivity contribution in [3.05, 3.63) is 71.3 Å². The molecule has 2 N–H and O–H groups in total. The molecule has 2 saturated carbocycles. The molecule has 0 radical (unpaired) electrons. The Labute approximate surface area is 233 Å². The van der Waals surface area contributed by atoms with Gasteiger partial charge < -0.3 is 15.4 Å². The van der Waals surface area contributed by atoms with Gasteiger partial charge in [-0.15, -0.1) is 0 Å². The van der Waals surface area contributed by atoms with Crippen molar-refractivity contribution in [2.24, 2.45) is 11.8 Å². The van der Waals surface area contributed by atoms with Crippen molar-refractivity contribution in [3.63, 3.8) is 0 Å². The van der Waals surface area contributed by atoms with Gasteiger partial charge in [0.05, 0.1) is 6.61 Å². The smallest absolute Gasteiger partial charge is 0.407 e. The van der Waals surface area contributed by atoms with Crippen molar-refractivity contribution < 1.29 is 19.1 Å². The lowest BCUT2D eigenvalue weighted by Crippen LogP contribution is -2.40. The molecule has 39 heavy (non-hydrogen) atoms. The number of ether oxygens (including phenoxy) is 1. The van der Waals surface area contributed by atoms with Crippen LogP contribution < -0.4 is 10.6 Å². The Kier molecular flexibility index (Phi) is 10.6. The number of unbranched alkanes of at least 4 members (excludes halogenated alkanes) is 1. The third-order valence-corrected chi connectivity index (χ3v) is 8.61. The number of alkyl carbamates (subject to hydrolysis) is 1. The van der Waals surface area contributed by atoms with Gasteiger partial charge in [0.15, 0.2) is 5.78 Å². The van der Waals surface area contributed by atoms with Crippen molar-refractivity contribution in [3.8, 4) is 0 Å². The van der Waals surface area contributed by atoms with E-state index in [1.54, 1.807) is 6.92 Å². The van der Waals surface area contributed by atoms with Crippen LogP contribution >= 0.6 is 0 Å². The molecule has 1 atom stereocenters. The largest absolute Gasteiger partial charge is 0.450 e. The Bertz CT molecular complexity index is 1070. The lowest BCUT2D eigenvalue weighted by molar-refractivity contribution is -0.119. The summed E-state index contributed by atoms with van der Waals surface area (Å²) in [6.07, 6.45) is 9.81. The molecule has 6 heteroatoms. The molecule has 6 nitrogen and oxygen atoms in total. The molecular weight excluding hydrogens is 488 g/mol. The van der Waals surface area contributed by atoms with Gasteiger partial charge in [0.2, 0.25) is 5.91 Å². The first-order chi connectivity index (χ1) is 18.9. The van der Waals surface area contributed by atoms with E-state index in [1.807, 2.05) is 42.5 Å². The number of carbonyl (C=O) groups excluding carboxylic acids is 3. The van der Waals surface area contributed by atoms with Crippen LogP contribution in [0.4, 0.5) is 4.79 Å². The molecule has 0 bridgehead atoms. The molecule has 2 aromatic carbocycles. The van der Waals surface area contributed by atoms with Gasteiger partial charge in [0.25, 0.3) is 0 Å². The fourth-order valence-electron chi connectivity index (χ4n) is 6.59. The van der Waals surface area contributed by atoms with Crippen LogP contribution in [-0.2, 0) is 9.53 Å². The van der Waals surface area contributed by atoms with Crippen molar-refractivity contribution in [1.29, 1.82) is 0 Å². The fourth-order valence-corrected chi connectivity index (χ4v) is 6.59. The Hall–Kier alpha value is -3.15. The quantitative estimate of drug-likeness (QED) is 0.261. The van der Waals surface area contributed by atoms with Crippen molar-refractivity contribution >= 4 is 17.8 Å². The zero-order valence-electron chi connectivity index (χ0n) is 23.5. The average Bonchev–Trinajstić information content (AvgIpc) is 2.95. The number of benzene rings is 2. The minimum absolute atomic E-state index is 0.0481. The maximum Gasteiger partial charge on any atom is 0.407 e. The Morgan fingerprint density at radius 2 is 1.31 bits per heavy atom. The molecule has 0 aliphatic heterocycles. The van der Waals surface area contributed by atoms with Gasteiger partial charge >= 0.3 is 6.09 Å². The molecule has 2 fully saturated rings. The molecule has 0 spiro atoms. The van der Waals surface area contributed by atoms with Gasteiger partial charge in [0, 0.05) is 30.1 Å². The fraction of sp³-hybridized carbons (Fsp3) is 0.545. The van der Waals surface area contributed by atoms with Crippen LogP contribution in [0.2, 0.25) is 0 Å². The van der Waals surface area contributed by atoms with Gasteiger partial charge in [-0.05, 0) is 81.1 Å². The highest BCUT2D eigenvalue weighted by molar-refractivity contribution is 6.08. The zero-order chi connectivity index (χ0) is 27.6. The molecule has 2 aliphatic rings. The van der Waals surface area contributed by atoms with E-state index in [9.17, 15) is 14.4 Å². The third kappa shape index (κ3) is 8.17. The maximum absolute atomic E-state index is 13.0. The molecule has 1 unspecified atom stereocenters. The zero-order valence-corrected chi connectivity index (χ0v) is 23.5. The van der Waals surface area contributed by atoms with Crippen LogP contribution in [0.25, 0.3) is 0 Å². The van der Waals surface area contributed by atoms with Crippen LogP contribution in [-0.4, -0.2) is 36.5 Å². The van der Waals surface area contributed by atoms with E-state index < -0.39 is 0 Å². The second kappa shape index (κ2) is 14.3. The summed E-state index contributed by atoms with van der Waals surface area (Å²) in [6.45, 7) is 4.16. The molecule has 0 saturated heterocycles. The minimum Gasteiger partial charge on any atom is -0.450 e. The van der Waals surface area contributed by atoms with Crippen LogP contribution in [0.5, 0.6) is 0 Å². The average molecular weight is 533 g/mol. The first-order valence-corrected chi connectivity index (χ1v) is 14.8. The van der Waals surface area contributed by atoms with E-state index in [4.69, 9.17) is 4.74 Å². The summed E-state index contributed by atoms with van der Waals surface area (Å²) in [5, 5.41) is 6.19. The van der Waals surface area contributed by atoms with Crippen molar-refractivity contribution in [2.75, 3.05) is 6.61 Å². The number of carbonyl (C=O) groups is 3. The predicted octanol–water partition coefficient (Wildman–Crippen LogP) is 6.78. The summed E-state index contributed by atoms with van der Waals surface area (Å²) in [7, 11) is 0. The van der Waals surface area contributed by atoms with Crippen LogP contribution in [0.1, 0.15) is 105 Å². The topological polar surface area (TPSA) is 84.5 Å². The summed E-state index contributed by atoms with van der Waals surface area (Å²) < 4.78 is 5.32. The predicted molar refractivity (Wildman–Crippen MR) is 154 cm³/mol. The molecule has 4 rings (SSSR count). The Balaban J connectivity index is 1.44. The highest BCUT2D eigenvalue weighted by Crippen LogP contribution is 2.46. The number of ketones is 1. The summed E-state index contributed by atoms with van der Waals surface area (Å²) in [6, 6.07) is 18.2. The lowest BCUT2D eigenvalue weighted by Gasteiger charge is -2.41. The number of rotatable bonds is 10. The van der Waals surface area contributed by atoms with E-state index in [1.165, 1.54) is 5.56 Å². The highest BCUT2D eigenvalue weighted by atomic mass is 16.5. The maximum atomic E-state index is 13.0. The van der Waals surface area contributed by atoms with Crippen molar-refractivity contribution in [1.82, 2.24) is 10.6 Å². The number of hydrogen-bond donors (Lipinski definition) is 2. The second-order valence-electron chi connectivity index (χ2n) is 11.4. The van der Waals surface area contributed by atoms with Crippen LogP contribution in [0.3, 0.4) is 0 Å². The van der Waals surface area contributed by atoms with E-state index in [0.29, 0.717) is 35.5 Å². The van der Waals surface area contributed by atoms with Crippen LogP contribution in [0, 0.1) is 11.8 Å². The van der Waals surface area contributed by atoms with Gasteiger partial charge in [0.1, 0.15) is 0 Å². The first kappa shape index (κ1) is 28.8. The third-order valence-electron chi connectivity index (χ3n) is 8.61. The van der Waals surface area contributed by atoms with E-state index in [2.05, 4.69) is 29.7 Å². The van der Waals surface area contributed by atoms with E-state index in [-0.39, 0.29) is 29.9 Å².